The number of allylic oxidation sites excluding steroid dienone is 1. The number of aliphatic hydroxyl groups is 1. The average molecular weight is 625 g/mol. The molecule has 46 heavy (non-hydrogen) atoms. The largest absolute Gasteiger partial charge is 0.484 e. The molecule has 3 atom stereocenters. The lowest BCUT2D eigenvalue weighted by Gasteiger charge is -2.32. The standard InChI is InChI=1S/C35H44N8O3/c1-22-9-11-23(12-10-22)39-32(19-30(36)35(2,3)4)41-34(45)40-28-14-15-29(27-8-6-5-7-26(27)28)46-25-13-16-31(37)43(21-25)33(38)42-18-17-24(44)20-42/h5-13,16,19,21,24,28-29,37-38,44H,14-15,17-18,20,36H2,1-4H3,(H2,39,40,41,45)/b30-19-,37-31?,38-33?/t24-,28+,29-/m1/s1. The van der Waals surface area contributed by atoms with E-state index in [0.717, 1.165) is 16.7 Å². The molecular weight excluding hydrogens is 580 g/mol. The maximum atomic E-state index is 13.4. The van der Waals surface area contributed by atoms with Crippen molar-refractivity contribution in [2.75, 3.05) is 13.1 Å². The fourth-order valence-electron chi connectivity index (χ4n) is 5.53. The number of likely N-dealkylation sites (tertiary alicyclic amines) is 1. The lowest BCUT2D eigenvalue weighted by Crippen LogP contribution is -2.42. The summed E-state index contributed by atoms with van der Waals surface area (Å²) >= 11 is 0. The number of aliphatic hydroxyl groups excluding tert-OH is 1. The first kappa shape index (κ1) is 32.5. The van der Waals surface area contributed by atoms with Crippen LogP contribution in [-0.2, 0) is 0 Å². The van der Waals surface area contributed by atoms with E-state index in [1.807, 2.05) is 76.2 Å². The van der Waals surface area contributed by atoms with E-state index in [2.05, 4.69) is 15.6 Å². The number of amides is 2. The number of aryl methyl sites for hydroxylation is 1. The number of carbonyl (C=O) groups is 1. The second-order valence-electron chi connectivity index (χ2n) is 13.0. The molecule has 0 saturated carbocycles. The first-order valence-corrected chi connectivity index (χ1v) is 15.6. The van der Waals surface area contributed by atoms with Gasteiger partial charge in [-0.05, 0) is 61.6 Å². The maximum absolute atomic E-state index is 13.4. The van der Waals surface area contributed by atoms with Gasteiger partial charge >= 0.3 is 6.03 Å². The first-order valence-electron chi connectivity index (χ1n) is 15.6. The van der Waals surface area contributed by atoms with Crippen LogP contribution >= 0.6 is 0 Å². The number of nitrogens with zero attached hydrogens (tertiary/aromatic N) is 3. The van der Waals surface area contributed by atoms with Crippen molar-refractivity contribution in [1.82, 2.24) is 20.1 Å². The van der Waals surface area contributed by atoms with Crippen molar-refractivity contribution in [2.45, 2.75) is 65.2 Å². The number of β-amino-alcohol motifs (C(OH)–C–C–N with tert-alkyl or cyclic N) is 1. The smallest absolute Gasteiger partial charge is 0.320 e. The molecule has 0 unspecified atom stereocenters. The summed E-state index contributed by atoms with van der Waals surface area (Å²) in [6.45, 7) is 8.95. The molecule has 1 saturated heterocycles. The number of carbonyl (C=O) groups excluding carboxylic acids is 1. The molecule has 242 valence electrons. The third-order valence-corrected chi connectivity index (χ3v) is 8.32. The zero-order chi connectivity index (χ0) is 33.0. The number of aromatic nitrogens is 1. The molecule has 11 nitrogen and oxygen atoms in total. The number of nitrogens with one attached hydrogen (secondary N) is 4. The lowest BCUT2D eigenvalue weighted by atomic mass is 9.85. The number of pyridine rings is 1. The average Bonchev–Trinajstić information content (AvgIpc) is 3.45. The van der Waals surface area contributed by atoms with Gasteiger partial charge in [0.2, 0.25) is 5.96 Å². The van der Waals surface area contributed by atoms with Crippen LogP contribution in [0.5, 0.6) is 5.75 Å². The van der Waals surface area contributed by atoms with Crippen molar-refractivity contribution < 1.29 is 14.6 Å². The second-order valence-corrected chi connectivity index (χ2v) is 13.0. The van der Waals surface area contributed by atoms with Crippen LogP contribution in [0.4, 0.5) is 10.5 Å². The number of ether oxygens (including phenoxy) is 1. The molecule has 1 aromatic heterocycles. The molecule has 11 heteroatoms. The minimum atomic E-state index is -0.470. The summed E-state index contributed by atoms with van der Waals surface area (Å²) in [7, 11) is 0. The van der Waals surface area contributed by atoms with Crippen molar-refractivity contribution in [1.29, 1.82) is 10.8 Å². The number of benzene rings is 2. The van der Waals surface area contributed by atoms with E-state index in [0.29, 0.717) is 55.3 Å². The quantitative estimate of drug-likeness (QED) is 0.173. The van der Waals surface area contributed by atoms with E-state index in [1.165, 1.54) is 4.57 Å². The lowest BCUT2D eigenvalue weighted by molar-refractivity contribution is 0.170. The van der Waals surface area contributed by atoms with Crippen molar-refractivity contribution in [3.63, 3.8) is 0 Å². The van der Waals surface area contributed by atoms with Gasteiger partial charge in [-0.1, -0.05) is 62.7 Å². The maximum Gasteiger partial charge on any atom is 0.320 e. The van der Waals surface area contributed by atoms with Gasteiger partial charge in [-0.15, -0.1) is 0 Å². The highest BCUT2D eigenvalue weighted by Gasteiger charge is 2.30. The highest BCUT2D eigenvalue weighted by Crippen LogP contribution is 2.38. The van der Waals surface area contributed by atoms with Crippen LogP contribution in [0.25, 0.3) is 0 Å². The molecule has 0 radical (unpaired) electrons. The molecule has 2 aromatic carbocycles. The molecule has 5 rings (SSSR count). The molecular formula is C35H44N8O3. The normalized spacial score (nSPS) is 20.2. The summed E-state index contributed by atoms with van der Waals surface area (Å²) < 4.78 is 7.91. The summed E-state index contributed by atoms with van der Waals surface area (Å²) in [5.41, 5.74) is 10.5. The number of amidine groups is 1. The number of aliphatic imine (C=N–C) groups is 1. The predicted molar refractivity (Wildman–Crippen MR) is 179 cm³/mol. The Kier molecular flexibility index (Phi) is 9.62. The number of rotatable bonds is 5. The zero-order valence-electron chi connectivity index (χ0n) is 26.9. The number of hydrogen-bond donors (Lipinski definition) is 6. The summed E-state index contributed by atoms with van der Waals surface area (Å²) in [5, 5.41) is 32.9. The first-order chi connectivity index (χ1) is 21.9. The predicted octanol–water partition coefficient (Wildman–Crippen LogP) is 5.00. The van der Waals surface area contributed by atoms with Gasteiger partial charge in [-0.3, -0.25) is 20.7 Å². The highest BCUT2D eigenvalue weighted by molar-refractivity contribution is 6.05. The fourth-order valence-corrected chi connectivity index (χ4v) is 5.53. The van der Waals surface area contributed by atoms with Crippen LogP contribution in [0, 0.1) is 23.2 Å². The summed E-state index contributed by atoms with van der Waals surface area (Å²) in [6.07, 6.45) is 4.49. The number of fused-ring (bicyclic) bond motifs is 1. The number of urea groups is 1. The van der Waals surface area contributed by atoms with E-state index in [1.54, 1.807) is 29.3 Å². The Morgan fingerprint density at radius 1 is 1.07 bits per heavy atom. The van der Waals surface area contributed by atoms with Crippen molar-refractivity contribution in [3.8, 4) is 5.75 Å². The summed E-state index contributed by atoms with van der Waals surface area (Å²) in [4.78, 5) is 19.8. The van der Waals surface area contributed by atoms with Crippen LogP contribution in [0.3, 0.4) is 0 Å². The Labute approximate surface area is 269 Å². The third-order valence-electron chi connectivity index (χ3n) is 8.32. The van der Waals surface area contributed by atoms with E-state index in [9.17, 15) is 9.90 Å². The SMILES string of the molecule is Cc1ccc(N=C(/C=C(\N)C(C)(C)C)NC(=O)N[C@H]2CC[C@@H](Oc3ccc(=N)n(C(=N)N4CC[C@@H](O)C4)c3)c3ccccc32)cc1. The molecule has 1 aliphatic heterocycles. The van der Waals surface area contributed by atoms with Gasteiger partial charge in [-0.25, -0.2) is 9.79 Å². The Morgan fingerprint density at radius 3 is 2.46 bits per heavy atom. The number of hydrogen-bond acceptors (Lipinski definition) is 7. The molecule has 0 spiro atoms. The van der Waals surface area contributed by atoms with Crippen molar-refractivity contribution in [2.24, 2.45) is 16.1 Å². The Morgan fingerprint density at radius 2 is 1.78 bits per heavy atom. The van der Waals surface area contributed by atoms with Gasteiger partial charge in [0.25, 0.3) is 0 Å². The minimum Gasteiger partial charge on any atom is -0.484 e. The van der Waals surface area contributed by atoms with Crippen LogP contribution in [0.15, 0.2) is 83.6 Å². The van der Waals surface area contributed by atoms with Crippen molar-refractivity contribution >= 4 is 23.5 Å². The monoisotopic (exact) mass is 624 g/mol. The third kappa shape index (κ3) is 7.84. The summed E-state index contributed by atoms with van der Waals surface area (Å²) in [6, 6.07) is 18.3. The highest BCUT2D eigenvalue weighted by atomic mass is 16.5. The van der Waals surface area contributed by atoms with E-state index >= 15 is 0 Å². The molecule has 3 aromatic rings. The molecule has 1 aliphatic carbocycles. The van der Waals surface area contributed by atoms with Gasteiger partial charge in [0, 0.05) is 30.3 Å². The van der Waals surface area contributed by atoms with E-state index < -0.39 is 6.10 Å². The Hall–Kier alpha value is -4.90. The Balaban J connectivity index is 1.32. The molecule has 2 amide bonds. The van der Waals surface area contributed by atoms with Gasteiger partial charge in [0.1, 0.15) is 23.2 Å². The molecule has 1 fully saturated rings. The minimum absolute atomic E-state index is 0.135. The Bertz CT molecular complexity index is 1700. The van der Waals surface area contributed by atoms with E-state index in [-0.39, 0.29) is 35.0 Å². The molecule has 2 aliphatic rings. The van der Waals surface area contributed by atoms with Gasteiger partial charge in [-0.2, -0.15) is 0 Å². The topological polar surface area (TPSA) is 165 Å². The number of nitrogens with two attached hydrogens (primary N) is 1. The van der Waals surface area contributed by atoms with Gasteiger partial charge in [0.15, 0.2) is 0 Å². The molecule has 7 N–H and O–H groups in total. The summed E-state index contributed by atoms with van der Waals surface area (Å²) in [5.74, 6) is 1.01. The second kappa shape index (κ2) is 13.6. The molecule has 2 heterocycles. The van der Waals surface area contributed by atoms with Gasteiger partial charge < -0.3 is 25.8 Å². The van der Waals surface area contributed by atoms with Crippen LogP contribution < -0.4 is 26.6 Å². The van der Waals surface area contributed by atoms with E-state index in [4.69, 9.17) is 21.3 Å². The fraction of sp³-hybridized carbons (Fsp3) is 0.371. The van der Waals surface area contributed by atoms with Crippen LogP contribution in [0.1, 0.15) is 68.9 Å². The molecule has 0 bridgehead atoms. The van der Waals surface area contributed by atoms with Gasteiger partial charge in [0.05, 0.1) is 24.0 Å². The van der Waals surface area contributed by atoms with Crippen molar-refractivity contribution in [3.05, 3.63) is 101 Å². The van der Waals surface area contributed by atoms with Crippen LogP contribution in [0.2, 0.25) is 0 Å². The van der Waals surface area contributed by atoms with Crippen LogP contribution in [-0.4, -0.2) is 51.6 Å². The zero-order valence-corrected chi connectivity index (χ0v) is 26.9.